The summed E-state index contributed by atoms with van der Waals surface area (Å²) in [5, 5.41) is 0. The van der Waals surface area contributed by atoms with Gasteiger partial charge in [-0.15, -0.1) is 0 Å². The lowest BCUT2D eigenvalue weighted by atomic mass is 10.2. The fourth-order valence-electron chi connectivity index (χ4n) is 1.64. The molecule has 0 saturated carbocycles. The van der Waals surface area contributed by atoms with Gasteiger partial charge in [0.25, 0.3) is 0 Å². The Morgan fingerprint density at radius 2 is 1.39 bits per heavy atom. The Hall–Kier alpha value is 1.05. The van der Waals surface area contributed by atoms with Crippen molar-refractivity contribution in [3.8, 4) is 0 Å². The molecule has 0 fully saturated rings. The van der Waals surface area contributed by atoms with Crippen molar-refractivity contribution in [1.29, 1.82) is 0 Å². The van der Waals surface area contributed by atoms with Gasteiger partial charge in [-0.05, 0) is 20.3 Å². The van der Waals surface area contributed by atoms with Gasteiger partial charge in [-0.3, -0.25) is 4.57 Å². The number of halogens is 2. The van der Waals surface area contributed by atoms with E-state index in [1.807, 2.05) is 20.8 Å². The first-order chi connectivity index (χ1) is 10.8. The van der Waals surface area contributed by atoms with E-state index in [1.165, 1.54) is 0 Å². The summed E-state index contributed by atoms with van der Waals surface area (Å²) in [6.07, 6.45) is 0.453. The van der Waals surface area contributed by atoms with E-state index in [2.05, 4.69) is 31.9 Å². The Balaban J connectivity index is 4.94. The Bertz CT molecular complexity index is 326. The zero-order valence-electron chi connectivity index (χ0n) is 14.5. The van der Waals surface area contributed by atoms with Crippen molar-refractivity contribution in [3.63, 3.8) is 0 Å². The van der Waals surface area contributed by atoms with Crippen molar-refractivity contribution >= 4 is 46.8 Å². The van der Waals surface area contributed by atoms with Gasteiger partial charge in [0.15, 0.2) is 0 Å². The fourth-order valence-corrected chi connectivity index (χ4v) is 3.76. The lowest BCUT2D eigenvalue weighted by molar-refractivity contribution is 0.0664. The molecule has 0 radical (unpaired) electrons. The molecule has 0 aromatic carbocycles. The molecule has 138 valence electrons. The van der Waals surface area contributed by atoms with Crippen LogP contribution >= 0.6 is 39.5 Å². The summed E-state index contributed by atoms with van der Waals surface area (Å²) in [4.78, 5) is 0.286. The SMILES string of the molecule is CCOP(=O)(OCC)C(CC)OB(OCC(C)Br)OCC(C)Br. The minimum absolute atomic E-state index is 0.143. The molecule has 0 aliphatic heterocycles. The van der Waals surface area contributed by atoms with Crippen molar-refractivity contribution < 1.29 is 27.6 Å². The van der Waals surface area contributed by atoms with Crippen molar-refractivity contribution in [1.82, 2.24) is 0 Å². The zero-order chi connectivity index (χ0) is 17.9. The summed E-state index contributed by atoms with van der Waals surface area (Å²) >= 11 is 6.81. The van der Waals surface area contributed by atoms with Gasteiger partial charge in [0.2, 0.25) is 0 Å². The summed E-state index contributed by atoms with van der Waals surface area (Å²) < 4.78 is 40.5. The maximum absolute atomic E-state index is 12.9. The number of rotatable bonds is 14. The van der Waals surface area contributed by atoms with Gasteiger partial charge in [0, 0.05) is 22.9 Å². The van der Waals surface area contributed by atoms with Gasteiger partial charge in [0.05, 0.1) is 13.2 Å². The van der Waals surface area contributed by atoms with Crippen LogP contribution in [0.15, 0.2) is 0 Å². The molecule has 3 unspecified atom stereocenters. The third kappa shape index (κ3) is 10.6. The van der Waals surface area contributed by atoms with Crippen molar-refractivity contribution in [2.24, 2.45) is 0 Å². The van der Waals surface area contributed by atoms with Crippen LogP contribution in [0.4, 0.5) is 0 Å². The number of hydrogen-bond acceptors (Lipinski definition) is 6. The summed E-state index contributed by atoms with van der Waals surface area (Å²) in [6, 6.07) is 0. The zero-order valence-corrected chi connectivity index (χ0v) is 18.6. The van der Waals surface area contributed by atoms with E-state index in [-0.39, 0.29) is 22.9 Å². The molecule has 0 saturated heterocycles. The van der Waals surface area contributed by atoms with Gasteiger partial charge in [-0.1, -0.05) is 52.6 Å². The molecule has 0 heterocycles. The van der Waals surface area contributed by atoms with Gasteiger partial charge < -0.3 is 23.0 Å². The maximum atomic E-state index is 12.9. The lowest BCUT2D eigenvalue weighted by Crippen LogP contribution is -2.35. The molecule has 0 aromatic rings. The smallest absolute Gasteiger partial charge is 0.385 e. The van der Waals surface area contributed by atoms with Crippen molar-refractivity contribution in [2.45, 2.75) is 56.5 Å². The average molecular weight is 482 g/mol. The highest BCUT2D eigenvalue weighted by Gasteiger charge is 2.40. The Labute approximate surface area is 157 Å². The van der Waals surface area contributed by atoms with Gasteiger partial charge in [0.1, 0.15) is 5.85 Å². The first kappa shape index (κ1) is 24.1. The van der Waals surface area contributed by atoms with E-state index in [4.69, 9.17) is 23.0 Å². The van der Waals surface area contributed by atoms with E-state index in [1.54, 1.807) is 13.8 Å². The largest absolute Gasteiger partial charge is 0.640 e. The summed E-state index contributed by atoms with van der Waals surface area (Å²) in [5.41, 5.74) is 0. The molecule has 0 bridgehead atoms. The highest BCUT2D eigenvalue weighted by atomic mass is 79.9. The number of alkyl halides is 2. The third-order valence-corrected chi connectivity index (χ3v) is 5.47. The monoisotopic (exact) mass is 480 g/mol. The molecule has 0 N–H and O–H groups in total. The molecule has 6 nitrogen and oxygen atoms in total. The molecular formula is C13H28BBr2O6P. The minimum Gasteiger partial charge on any atom is -0.385 e. The predicted octanol–water partition coefficient (Wildman–Crippen LogP) is 4.59. The molecule has 0 spiro atoms. The standard InChI is InChI=1S/C13H28BBr2O6P/c1-6-13(23(17,20-7-2)21-8-3)22-14(18-9-11(4)15)19-10-12(5)16/h11-13H,6-10H2,1-5H3. The van der Waals surface area contributed by atoms with Crippen LogP contribution in [0.25, 0.3) is 0 Å². The van der Waals surface area contributed by atoms with Crippen LogP contribution in [-0.4, -0.2) is 49.2 Å². The second-order valence-electron chi connectivity index (χ2n) is 4.89. The lowest BCUT2D eigenvalue weighted by Gasteiger charge is -2.27. The molecular weight excluding hydrogens is 454 g/mol. The maximum Gasteiger partial charge on any atom is 0.640 e. The second-order valence-corrected chi connectivity index (χ2v) is 10.2. The van der Waals surface area contributed by atoms with Gasteiger partial charge in [-0.2, -0.15) is 0 Å². The van der Waals surface area contributed by atoms with Crippen LogP contribution in [0.2, 0.25) is 0 Å². The van der Waals surface area contributed by atoms with E-state index < -0.39 is 20.8 Å². The van der Waals surface area contributed by atoms with Crippen LogP contribution in [0, 0.1) is 0 Å². The minimum atomic E-state index is -3.38. The van der Waals surface area contributed by atoms with Crippen LogP contribution in [0.1, 0.15) is 41.0 Å². The van der Waals surface area contributed by atoms with Crippen LogP contribution in [0.3, 0.4) is 0 Å². The topological polar surface area (TPSA) is 63.2 Å². The second kappa shape index (κ2) is 13.3. The normalized spacial score (nSPS) is 16.1. The third-order valence-electron chi connectivity index (χ3n) is 2.51. The Kier molecular flexibility index (Phi) is 13.9. The molecule has 0 aromatic heterocycles. The highest BCUT2D eigenvalue weighted by molar-refractivity contribution is 9.09. The Morgan fingerprint density at radius 3 is 1.70 bits per heavy atom. The van der Waals surface area contributed by atoms with Crippen LogP contribution < -0.4 is 0 Å². The molecule has 0 aliphatic carbocycles. The van der Waals surface area contributed by atoms with Crippen LogP contribution in [-0.2, 0) is 27.6 Å². The first-order valence-corrected chi connectivity index (χ1v) is 11.3. The van der Waals surface area contributed by atoms with Crippen molar-refractivity contribution in [3.05, 3.63) is 0 Å². The summed E-state index contributed by atoms with van der Waals surface area (Å²) in [7, 11) is -4.32. The van der Waals surface area contributed by atoms with E-state index >= 15 is 0 Å². The average Bonchev–Trinajstić information content (AvgIpc) is 2.46. The van der Waals surface area contributed by atoms with Gasteiger partial charge >= 0.3 is 14.9 Å². The summed E-state index contributed by atoms with van der Waals surface area (Å²) in [6.45, 7) is 10.6. The van der Waals surface area contributed by atoms with Crippen LogP contribution in [0.5, 0.6) is 0 Å². The highest BCUT2D eigenvalue weighted by Crippen LogP contribution is 2.54. The van der Waals surface area contributed by atoms with E-state index in [0.717, 1.165) is 0 Å². The van der Waals surface area contributed by atoms with E-state index in [9.17, 15) is 4.57 Å². The molecule has 23 heavy (non-hydrogen) atoms. The summed E-state index contributed by atoms with van der Waals surface area (Å²) in [5.74, 6) is -0.747. The fraction of sp³-hybridized carbons (Fsp3) is 1.00. The molecule has 0 amide bonds. The Morgan fingerprint density at radius 1 is 0.957 bits per heavy atom. The molecule has 0 aliphatic rings. The number of hydrogen-bond donors (Lipinski definition) is 0. The van der Waals surface area contributed by atoms with Crippen molar-refractivity contribution in [2.75, 3.05) is 26.4 Å². The van der Waals surface area contributed by atoms with Gasteiger partial charge in [-0.25, -0.2) is 0 Å². The molecule has 10 heteroatoms. The predicted molar refractivity (Wildman–Crippen MR) is 100 cm³/mol. The first-order valence-electron chi connectivity index (χ1n) is 7.84. The quantitative estimate of drug-likeness (QED) is 0.205. The molecule has 3 atom stereocenters. The molecule has 0 rings (SSSR count). The van der Waals surface area contributed by atoms with E-state index in [0.29, 0.717) is 19.6 Å².